The Kier molecular flexibility index (Phi) is 19.1. The van der Waals surface area contributed by atoms with Crippen LogP contribution in [0.1, 0.15) is 81.2 Å². The van der Waals surface area contributed by atoms with E-state index in [4.69, 9.17) is 23.0 Å². The molecule has 0 radical (unpaired) electrons. The van der Waals surface area contributed by atoms with Crippen LogP contribution in [0.2, 0.25) is 0 Å². The molecule has 0 saturated heterocycles. The molecule has 15 heteroatoms. The topological polar surface area (TPSA) is 158 Å². The fourth-order valence-electron chi connectivity index (χ4n) is 6.91. The number of benzene rings is 4. The number of pyridine rings is 1. The van der Waals surface area contributed by atoms with Gasteiger partial charge in [-0.2, -0.15) is 0 Å². The lowest BCUT2D eigenvalue weighted by Gasteiger charge is -2.31. The zero-order chi connectivity index (χ0) is 46.8. The molecule has 0 bridgehead atoms. The van der Waals surface area contributed by atoms with E-state index in [9.17, 15) is 18.9 Å². The number of urea groups is 1. The molecule has 5 aromatic rings. The number of nitrogens with zero attached hydrogens (tertiary/aromatic N) is 3. The van der Waals surface area contributed by atoms with Gasteiger partial charge in [0.1, 0.15) is 5.82 Å². The van der Waals surface area contributed by atoms with Crippen LogP contribution in [0.4, 0.5) is 32.5 Å². The van der Waals surface area contributed by atoms with Crippen molar-refractivity contribution in [2.45, 2.75) is 80.1 Å². The van der Waals surface area contributed by atoms with Gasteiger partial charge >= 0.3 is 25.9 Å². The Morgan fingerprint density at radius 1 is 0.723 bits per heavy atom. The van der Waals surface area contributed by atoms with Gasteiger partial charge < -0.3 is 25.0 Å². The number of hydrogen-bond donors (Lipinski definition) is 2. The summed E-state index contributed by atoms with van der Waals surface area (Å²) in [5.74, 6) is 0.0674. The molecule has 14 nitrogen and oxygen atoms in total. The van der Waals surface area contributed by atoms with E-state index in [-0.39, 0.29) is 44.0 Å². The zero-order valence-corrected chi connectivity index (χ0v) is 39.3. The summed E-state index contributed by atoms with van der Waals surface area (Å²) in [4.78, 5) is 47.6. The smallest absolute Gasteiger partial charge is 0.428 e. The molecule has 1 unspecified atom stereocenters. The SMILES string of the molecule is CCC(CC(=O)OCOC(=O)N(C)c1ncccc1COP(=O)(OCc1ccccc1)OCc1ccccc1)c1ccc(N(CC(C)C)CC(C)C)c(NC(=O)Nc2ccc(C)cc2)c1. The number of ether oxygens (including phenoxy) is 2. The van der Waals surface area contributed by atoms with Crippen molar-refractivity contribution in [1.82, 2.24) is 4.98 Å². The molecule has 0 saturated carbocycles. The Morgan fingerprint density at radius 3 is 1.91 bits per heavy atom. The molecule has 0 spiro atoms. The number of amides is 3. The number of anilines is 4. The molecule has 1 heterocycles. The predicted molar refractivity (Wildman–Crippen MR) is 255 cm³/mol. The minimum absolute atomic E-state index is 0.000409. The molecule has 0 aliphatic carbocycles. The van der Waals surface area contributed by atoms with Gasteiger partial charge in [-0.25, -0.2) is 19.1 Å². The summed E-state index contributed by atoms with van der Waals surface area (Å²) in [5, 5.41) is 6.00. The summed E-state index contributed by atoms with van der Waals surface area (Å²) in [7, 11) is -2.70. The third kappa shape index (κ3) is 16.2. The molecule has 65 heavy (non-hydrogen) atoms. The van der Waals surface area contributed by atoms with E-state index in [0.29, 0.717) is 35.2 Å². The van der Waals surface area contributed by atoms with E-state index in [1.807, 2.05) is 117 Å². The third-order valence-corrected chi connectivity index (χ3v) is 11.5. The number of phosphoric ester groups is 1. The second kappa shape index (κ2) is 24.9. The monoisotopic (exact) mass is 907 g/mol. The first kappa shape index (κ1) is 50.0. The van der Waals surface area contributed by atoms with Gasteiger partial charge in [0, 0.05) is 37.6 Å². The van der Waals surface area contributed by atoms with Crippen molar-refractivity contribution in [2.24, 2.45) is 11.8 Å². The van der Waals surface area contributed by atoms with Gasteiger partial charge in [-0.05, 0) is 78.1 Å². The van der Waals surface area contributed by atoms with Gasteiger partial charge in [0.05, 0.1) is 37.6 Å². The van der Waals surface area contributed by atoms with E-state index >= 15 is 0 Å². The molecule has 0 aliphatic heterocycles. The van der Waals surface area contributed by atoms with E-state index in [0.717, 1.165) is 45.9 Å². The van der Waals surface area contributed by atoms with Crippen LogP contribution in [0, 0.1) is 18.8 Å². The van der Waals surface area contributed by atoms with Crippen molar-refractivity contribution < 1.29 is 42.0 Å². The van der Waals surface area contributed by atoms with Crippen molar-refractivity contribution in [3.63, 3.8) is 0 Å². The van der Waals surface area contributed by atoms with E-state index in [2.05, 4.69) is 48.2 Å². The number of rotatable bonds is 23. The number of aromatic nitrogens is 1. The highest BCUT2D eigenvalue weighted by Gasteiger charge is 2.29. The fraction of sp³-hybridized carbons (Fsp3) is 0.360. The van der Waals surface area contributed by atoms with Crippen LogP contribution < -0.4 is 20.4 Å². The van der Waals surface area contributed by atoms with Gasteiger partial charge in [0.25, 0.3) is 0 Å². The second-order valence-electron chi connectivity index (χ2n) is 16.6. The molecular weight excluding hydrogens is 846 g/mol. The molecule has 346 valence electrons. The molecular formula is C50H62N5O9P. The van der Waals surface area contributed by atoms with Gasteiger partial charge in [-0.1, -0.05) is 125 Å². The molecule has 4 aromatic carbocycles. The maximum absolute atomic E-state index is 13.9. The first-order chi connectivity index (χ1) is 31.2. The van der Waals surface area contributed by atoms with Crippen LogP contribution in [0.5, 0.6) is 0 Å². The second-order valence-corrected chi connectivity index (χ2v) is 18.2. The number of esters is 1. The van der Waals surface area contributed by atoms with Crippen LogP contribution in [0.25, 0.3) is 0 Å². The van der Waals surface area contributed by atoms with Crippen molar-refractivity contribution in [1.29, 1.82) is 0 Å². The van der Waals surface area contributed by atoms with Gasteiger partial charge in [-0.15, -0.1) is 0 Å². The number of carbonyl (C=O) groups is 3. The van der Waals surface area contributed by atoms with Crippen LogP contribution in [-0.4, -0.2) is 50.0 Å². The fourth-order valence-corrected chi connectivity index (χ4v) is 8.04. The average molecular weight is 908 g/mol. The lowest BCUT2D eigenvalue weighted by atomic mass is 9.92. The molecule has 2 N–H and O–H groups in total. The summed E-state index contributed by atoms with van der Waals surface area (Å²) in [5.41, 5.74) is 6.04. The molecule has 3 amide bonds. The highest BCUT2D eigenvalue weighted by Crippen LogP contribution is 2.52. The van der Waals surface area contributed by atoms with E-state index < -0.39 is 26.7 Å². The number of phosphoric acid groups is 1. The number of nitrogens with one attached hydrogen (secondary N) is 2. The lowest BCUT2D eigenvalue weighted by Crippen LogP contribution is -2.32. The number of hydrogen-bond acceptors (Lipinski definition) is 11. The minimum atomic E-state index is -4.14. The Balaban J connectivity index is 1.21. The van der Waals surface area contributed by atoms with Crippen LogP contribution in [0.3, 0.4) is 0 Å². The Labute approximate surface area is 383 Å². The van der Waals surface area contributed by atoms with Crippen LogP contribution in [0.15, 0.2) is 121 Å². The Morgan fingerprint density at radius 2 is 1.32 bits per heavy atom. The Bertz CT molecular complexity index is 2270. The lowest BCUT2D eigenvalue weighted by molar-refractivity contribution is -0.152. The third-order valence-electron chi connectivity index (χ3n) is 10.2. The highest BCUT2D eigenvalue weighted by molar-refractivity contribution is 7.48. The summed E-state index contributed by atoms with van der Waals surface area (Å²) >= 11 is 0. The number of aryl methyl sites for hydroxylation is 1. The zero-order valence-electron chi connectivity index (χ0n) is 38.4. The van der Waals surface area contributed by atoms with Gasteiger partial charge in [-0.3, -0.25) is 23.3 Å². The molecule has 1 atom stereocenters. The van der Waals surface area contributed by atoms with E-state index in [1.165, 1.54) is 13.2 Å². The van der Waals surface area contributed by atoms with Crippen molar-refractivity contribution in [3.05, 3.63) is 149 Å². The van der Waals surface area contributed by atoms with Crippen LogP contribution >= 0.6 is 7.82 Å². The summed E-state index contributed by atoms with van der Waals surface area (Å²) in [6.45, 7) is 13.2. The molecule has 1 aromatic heterocycles. The van der Waals surface area contributed by atoms with Crippen molar-refractivity contribution >= 4 is 48.8 Å². The summed E-state index contributed by atoms with van der Waals surface area (Å²) < 4.78 is 42.0. The minimum Gasteiger partial charge on any atom is -0.428 e. The standard InChI is InChI=1S/C50H62N5O9P/c1-8-41(42-23-26-46(55(30-36(2)3)31-37(4)5)45(28-42)53-49(57)52-44-24-21-38(6)22-25-44)29-47(56)60-35-61-50(58)54(7)48-43(20-15-27-51-48)34-64-65(59,62-32-39-16-11-9-12-17-39)63-33-40-18-13-10-14-19-40/h9-28,36-37,41H,8,29-35H2,1-7H3,(H2,52,53,57). The maximum atomic E-state index is 13.9. The quantitative estimate of drug-likeness (QED) is 0.0365. The van der Waals surface area contributed by atoms with Gasteiger partial charge in [0.2, 0.25) is 6.79 Å². The Hall–Kier alpha value is -6.05. The van der Waals surface area contributed by atoms with Crippen LogP contribution in [-0.2, 0) is 52.2 Å². The summed E-state index contributed by atoms with van der Waals surface area (Å²) in [6, 6.07) is 34.8. The largest absolute Gasteiger partial charge is 0.475 e. The van der Waals surface area contributed by atoms with E-state index in [1.54, 1.807) is 12.1 Å². The normalized spacial score (nSPS) is 11.8. The van der Waals surface area contributed by atoms with Crippen molar-refractivity contribution in [2.75, 3.05) is 47.4 Å². The first-order valence-corrected chi connectivity index (χ1v) is 23.3. The number of carbonyl (C=O) groups excluding carboxylic acids is 3. The summed E-state index contributed by atoms with van der Waals surface area (Å²) in [6.07, 6.45) is 1.23. The average Bonchev–Trinajstić information content (AvgIpc) is 3.29. The maximum Gasteiger partial charge on any atom is 0.475 e. The van der Waals surface area contributed by atoms with Crippen molar-refractivity contribution in [3.8, 4) is 0 Å². The predicted octanol–water partition coefficient (Wildman–Crippen LogP) is 11.9. The van der Waals surface area contributed by atoms with Gasteiger partial charge in [0.15, 0.2) is 0 Å². The first-order valence-electron chi connectivity index (χ1n) is 21.9. The highest BCUT2D eigenvalue weighted by atomic mass is 31.2. The molecule has 5 rings (SSSR count). The molecule has 0 fully saturated rings. The molecule has 0 aliphatic rings.